The molecule has 7 amide bonds. The Morgan fingerprint density at radius 3 is 1.84 bits per heavy atom. The third-order valence-electron chi connectivity index (χ3n) is 10.2. The summed E-state index contributed by atoms with van der Waals surface area (Å²) in [7, 11) is 2.49. The zero-order chi connectivity index (χ0) is 40.5. The van der Waals surface area contributed by atoms with E-state index in [1.165, 1.54) is 19.1 Å². The number of nitrogens with one attached hydrogen (secondary N) is 5. The highest BCUT2D eigenvalue weighted by molar-refractivity contribution is 5.99. The Balaban J connectivity index is 1.14. The van der Waals surface area contributed by atoms with Crippen LogP contribution in [0.5, 0.6) is 0 Å². The third kappa shape index (κ3) is 9.83. The molecule has 0 saturated carbocycles. The molecule has 5 N–H and O–H groups in total. The maximum absolute atomic E-state index is 13.5. The van der Waals surface area contributed by atoms with E-state index in [9.17, 15) is 28.8 Å². The molecule has 3 aromatic rings. The number of H-pyrrole nitrogens is 1. The van der Waals surface area contributed by atoms with Crippen LogP contribution in [0.3, 0.4) is 0 Å². The molecule has 2 fully saturated rings. The fraction of sp³-hybridized carbons (Fsp3) is 0.475. The van der Waals surface area contributed by atoms with Gasteiger partial charge < -0.3 is 40.2 Å². The van der Waals surface area contributed by atoms with Crippen LogP contribution in [0, 0.1) is 11.8 Å². The van der Waals surface area contributed by atoms with E-state index in [2.05, 4.69) is 36.0 Å². The van der Waals surface area contributed by atoms with E-state index in [0.717, 1.165) is 40.8 Å². The molecule has 56 heavy (non-hydrogen) atoms. The molecule has 300 valence electrons. The lowest BCUT2D eigenvalue weighted by Gasteiger charge is -2.30. The van der Waals surface area contributed by atoms with E-state index in [1.807, 2.05) is 62.4 Å². The summed E-state index contributed by atoms with van der Waals surface area (Å²) in [6, 6.07) is 12.4. The molecule has 2 aliphatic rings. The summed E-state index contributed by atoms with van der Waals surface area (Å²) in [5, 5.41) is 10.3. The molecule has 16 nitrogen and oxygen atoms in total. The second-order valence-electron chi connectivity index (χ2n) is 14.7. The molecule has 0 radical (unpaired) electrons. The number of aromatic nitrogens is 2. The third-order valence-corrected chi connectivity index (χ3v) is 10.2. The second kappa shape index (κ2) is 18.6. The number of likely N-dealkylation sites (tertiary alicyclic amines) is 2. The standard InChI is InChI=1S/C40H52N8O8/c1-23(2)32(44-39(53)55-5)36(50)47-19-7-9-30(47)34-41-22-29(43-34)28-17-15-27(16-18-28)26-13-11-25(12-14-26)21-42-38(52)46-35(49)31-10-8-20-48(31)37(51)33(24(3)4)45-40(54)56-6/h11-18,22-24,30-33H,7-10,19-21H2,1-6H3,(H,41,43)(H,44,53)(H,45,54)(H2,42,46,49,52)/t30?,31?,32-,33?/m0/s1. The summed E-state index contributed by atoms with van der Waals surface area (Å²) in [4.78, 5) is 87.4. The molecule has 0 aliphatic carbocycles. The summed E-state index contributed by atoms with van der Waals surface area (Å²) in [5.74, 6) is -0.818. The van der Waals surface area contributed by atoms with Gasteiger partial charge in [0.15, 0.2) is 0 Å². The zero-order valence-corrected chi connectivity index (χ0v) is 32.7. The number of carbonyl (C=O) groups excluding carboxylic acids is 6. The van der Waals surface area contributed by atoms with Gasteiger partial charge in [0, 0.05) is 19.6 Å². The molecule has 2 aliphatic heterocycles. The topological polar surface area (TPSA) is 204 Å². The van der Waals surface area contributed by atoms with Crippen LogP contribution in [0.25, 0.3) is 22.4 Å². The first-order valence-electron chi connectivity index (χ1n) is 18.9. The number of benzene rings is 2. The highest BCUT2D eigenvalue weighted by atomic mass is 16.5. The largest absolute Gasteiger partial charge is 0.453 e. The number of imidazole rings is 1. The highest BCUT2D eigenvalue weighted by Gasteiger charge is 2.40. The number of hydrogen-bond acceptors (Lipinski definition) is 9. The van der Waals surface area contributed by atoms with Crippen LogP contribution < -0.4 is 21.3 Å². The van der Waals surface area contributed by atoms with Crippen LogP contribution in [0.1, 0.15) is 70.8 Å². The minimum Gasteiger partial charge on any atom is -0.453 e. The number of imide groups is 1. The van der Waals surface area contributed by atoms with Gasteiger partial charge in [-0.2, -0.15) is 0 Å². The molecular formula is C40H52N8O8. The lowest BCUT2D eigenvalue weighted by molar-refractivity contribution is -0.140. The highest BCUT2D eigenvalue weighted by Crippen LogP contribution is 2.33. The monoisotopic (exact) mass is 772 g/mol. The van der Waals surface area contributed by atoms with Crippen LogP contribution >= 0.6 is 0 Å². The molecule has 3 heterocycles. The maximum Gasteiger partial charge on any atom is 0.407 e. The van der Waals surface area contributed by atoms with E-state index >= 15 is 0 Å². The Bertz CT molecular complexity index is 1880. The molecule has 2 saturated heterocycles. The molecule has 3 unspecified atom stereocenters. The van der Waals surface area contributed by atoms with Gasteiger partial charge in [0.2, 0.25) is 11.8 Å². The maximum atomic E-state index is 13.5. The summed E-state index contributed by atoms with van der Waals surface area (Å²) < 4.78 is 9.38. The van der Waals surface area contributed by atoms with Crippen molar-refractivity contribution in [1.82, 2.24) is 41.0 Å². The SMILES string of the molecule is COC(=O)NC(C(=O)N1CCCC1C(=O)NC(=O)NCc1ccc(-c2ccc(-c3cnc(C4CCCN4C(=O)[C@@H](NC(=O)OC)C(C)C)[nH]3)cc2)cc1)C(C)C. The summed E-state index contributed by atoms with van der Waals surface area (Å²) in [6.45, 7) is 8.42. The molecule has 1 aromatic heterocycles. The average molecular weight is 773 g/mol. The van der Waals surface area contributed by atoms with Gasteiger partial charge >= 0.3 is 18.2 Å². The Hall–Kier alpha value is -5.93. The number of ether oxygens (including phenoxy) is 2. The molecule has 0 bridgehead atoms. The van der Waals surface area contributed by atoms with Crippen molar-refractivity contribution >= 4 is 35.9 Å². The number of nitrogens with zero attached hydrogens (tertiary/aromatic N) is 3. The van der Waals surface area contributed by atoms with Gasteiger partial charge in [0.25, 0.3) is 5.91 Å². The number of amides is 7. The molecule has 5 rings (SSSR count). The quantitative estimate of drug-likeness (QED) is 0.176. The van der Waals surface area contributed by atoms with Gasteiger partial charge in [0.05, 0.1) is 32.2 Å². The van der Waals surface area contributed by atoms with Crippen molar-refractivity contribution in [2.24, 2.45) is 11.8 Å². The van der Waals surface area contributed by atoms with Gasteiger partial charge in [-0.05, 0) is 59.8 Å². The number of hydrogen-bond donors (Lipinski definition) is 5. The fourth-order valence-corrected chi connectivity index (χ4v) is 7.11. The summed E-state index contributed by atoms with van der Waals surface area (Å²) >= 11 is 0. The summed E-state index contributed by atoms with van der Waals surface area (Å²) in [6.07, 6.45) is 2.97. The first-order valence-corrected chi connectivity index (χ1v) is 18.9. The smallest absolute Gasteiger partial charge is 0.407 e. The van der Waals surface area contributed by atoms with E-state index in [0.29, 0.717) is 31.8 Å². The lowest BCUT2D eigenvalue weighted by Crippen LogP contribution is -2.56. The van der Waals surface area contributed by atoms with E-state index in [4.69, 9.17) is 4.74 Å². The van der Waals surface area contributed by atoms with Crippen molar-refractivity contribution in [3.63, 3.8) is 0 Å². The van der Waals surface area contributed by atoms with Crippen molar-refractivity contribution < 1.29 is 38.2 Å². The van der Waals surface area contributed by atoms with Crippen molar-refractivity contribution in [3.05, 3.63) is 66.1 Å². The summed E-state index contributed by atoms with van der Waals surface area (Å²) in [5.41, 5.74) is 4.53. The second-order valence-corrected chi connectivity index (χ2v) is 14.7. The molecular weight excluding hydrogens is 720 g/mol. The predicted octanol–water partition coefficient (Wildman–Crippen LogP) is 4.49. The van der Waals surface area contributed by atoms with Crippen LogP contribution in [0.4, 0.5) is 14.4 Å². The Morgan fingerprint density at radius 2 is 1.27 bits per heavy atom. The van der Waals surface area contributed by atoms with E-state index in [-0.39, 0.29) is 30.3 Å². The Morgan fingerprint density at radius 1 is 0.750 bits per heavy atom. The number of methoxy groups -OCH3 is 2. The molecule has 4 atom stereocenters. The lowest BCUT2D eigenvalue weighted by atomic mass is 10.0. The normalized spacial score (nSPS) is 17.6. The van der Waals surface area contributed by atoms with Gasteiger partial charge in [-0.1, -0.05) is 76.2 Å². The minimum absolute atomic E-state index is 0.122. The fourth-order valence-electron chi connectivity index (χ4n) is 7.11. The van der Waals surface area contributed by atoms with E-state index < -0.39 is 48.2 Å². The molecule has 0 spiro atoms. The average Bonchev–Trinajstić information content (AvgIpc) is 3.99. The Kier molecular flexibility index (Phi) is 13.7. The first-order chi connectivity index (χ1) is 26.8. The van der Waals surface area contributed by atoms with Gasteiger partial charge in [-0.3, -0.25) is 19.7 Å². The van der Waals surface area contributed by atoms with Crippen LogP contribution in [0.2, 0.25) is 0 Å². The van der Waals surface area contributed by atoms with Gasteiger partial charge in [-0.25, -0.2) is 19.4 Å². The first kappa shape index (κ1) is 41.2. The zero-order valence-electron chi connectivity index (χ0n) is 32.7. The van der Waals surface area contributed by atoms with Crippen LogP contribution in [-0.4, -0.2) is 101 Å². The van der Waals surface area contributed by atoms with Crippen molar-refractivity contribution in [1.29, 1.82) is 0 Å². The van der Waals surface area contributed by atoms with Crippen LogP contribution in [0.15, 0.2) is 54.7 Å². The Labute approximate surface area is 326 Å². The van der Waals surface area contributed by atoms with E-state index in [1.54, 1.807) is 24.9 Å². The minimum atomic E-state index is -0.869. The number of carbonyl (C=O) groups is 6. The van der Waals surface area contributed by atoms with Gasteiger partial charge in [-0.15, -0.1) is 0 Å². The number of urea groups is 1. The van der Waals surface area contributed by atoms with Crippen molar-refractivity contribution in [3.8, 4) is 22.4 Å². The number of rotatable bonds is 12. The number of aromatic amines is 1. The predicted molar refractivity (Wildman–Crippen MR) is 207 cm³/mol. The molecule has 16 heteroatoms. The van der Waals surface area contributed by atoms with Crippen LogP contribution in [-0.2, 0) is 30.4 Å². The van der Waals surface area contributed by atoms with Gasteiger partial charge in [0.1, 0.15) is 23.9 Å². The van der Waals surface area contributed by atoms with Crippen molar-refractivity contribution in [2.75, 3.05) is 27.3 Å². The number of alkyl carbamates (subject to hydrolysis) is 2. The molecule has 2 aromatic carbocycles. The van der Waals surface area contributed by atoms with Crippen molar-refractivity contribution in [2.45, 2.75) is 84.1 Å².